The lowest BCUT2D eigenvalue weighted by Gasteiger charge is -2.27. The second-order valence-corrected chi connectivity index (χ2v) is 12.9. The predicted octanol–water partition coefficient (Wildman–Crippen LogP) is 10.2. The van der Waals surface area contributed by atoms with Crippen LogP contribution >= 0.6 is 12.4 Å². The molecule has 1 heterocycles. The van der Waals surface area contributed by atoms with Gasteiger partial charge >= 0.3 is 0 Å². The van der Waals surface area contributed by atoms with Gasteiger partial charge in [-0.1, -0.05) is 155 Å². The maximum Gasteiger partial charge on any atom is 0.234 e. The number of likely N-dealkylation sites (tertiary alicyclic amines) is 1. The highest BCUT2D eigenvalue weighted by molar-refractivity contribution is 5.85. The van der Waals surface area contributed by atoms with Gasteiger partial charge in [0.2, 0.25) is 5.91 Å². The molecule has 0 aromatic rings. The van der Waals surface area contributed by atoms with Gasteiger partial charge < -0.3 is 15.2 Å². The quantitative estimate of drug-likeness (QED) is 0.0764. The molecule has 1 unspecified atom stereocenters. The van der Waals surface area contributed by atoms with Gasteiger partial charge in [-0.25, -0.2) is 0 Å². The summed E-state index contributed by atoms with van der Waals surface area (Å²) in [5, 5.41) is 0. The summed E-state index contributed by atoms with van der Waals surface area (Å²) in [6.45, 7) is 8.49. The fraction of sp³-hybridized carbons (Fsp3) is 0.972. The number of amides is 1. The largest absolute Gasteiger partial charge is 0.379 e. The van der Waals surface area contributed by atoms with Crippen molar-refractivity contribution in [1.82, 2.24) is 4.90 Å². The Balaban J connectivity index is 0.0000168. The molecule has 1 aliphatic rings. The fourth-order valence-electron chi connectivity index (χ4n) is 6.23. The first-order chi connectivity index (χ1) is 20.2. The molecule has 0 aromatic heterocycles. The first-order valence-electron chi connectivity index (χ1n) is 18.4. The van der Waals surface area contributed by atoms with E-state index in [1.165, 1.54) is 141 Å². The van der Waals surface area contributed by atoms with Gasteiger partial charge in [0.1, 0.15) is 0 Å². The Morgan fingerprint density at radius 2 is 1.07 bits per heavy atom. The number of halogens is 1. The molecule has 252 valence electrons. The predicted molar refractivity (Wildman–Crippen MR) is 184 cm³/mol. The zero-order valence-corrected chi connectivity index (χ0v) is 29.0. The summed E-state index contributed by atoms with van der Waals surface area (Å²) < 4.78 is 12.4. The van der Waals surface area contributed by atoms with Gasteiger partial charge in [0, 0.05) is 19.8 Å². The van der Waals surface area contributed by atoms with Crippen LogP contribution in [0.25, 0.3) is 0 Å². The second-order valence-electron chi connectivity index (χ2n) is 12.9. The smallest absolute Gasteiger partial charge is 0.234 e. The molecule has 0 spiro atoms. The number of rotatable bonds is 32. The van der Waals surface area contributed by atoms with Crippen molar-refractivity contribution in [2.75, 3.05) is 32.9 Å². The molecule has 2 N–H and O–H groups in total. The van der Waals surface area contributed by atoms with Crippen molar-refractivity contribution >= 4 is 18.3 Å². The van der Waals surface area contributed by atoms with Crippen LogP contribution in [-0.4, -0.2) is 55.9 Å². The van der Waals surface area contributed by atoms with Crippen molar-refractivity contribution in [3.05, 3.63) is 0 Å². The van der Waals surface area contributed by atoms with Crippen molar-refractivity contribution < 1.29 is 14.3 Å². The van der Waals surface area contributed by atoms with E-state index in [1.54, 1.807) is 0 Å². The van der Waals surface area contributed by atoms with Crippen LogP contribution in [0.1, 0.15) is 181 Å². The number of nitrogens with two attached hydrogens (primary N) is 1. The molecule has 6 heteroatoms. The van der Waals surface area contributed by atoms with Crippen LogP contribution in [0.4, 0.5) is 0 Å². The Morgan fingerprint density at radius 1 is 0.667 bits per heavy atom. The lowest BCUT2D eigenvalue weighted by atomic mass is 10.1. The lowest BCUT2D eigenvalue weighted by molar-refractivity contribution is -0.123. The van der Waals surface area contributed by atoms with Crippen LogP contribution in [-0.2, 0) is 14.3 Å². The Hall–Kier alpha value is -0.360. The zero-order valence-electron chi connectivity index (χ0n) is 28.2. The first-order valence-corrected chi connectivity index (χ1v) is 18.4. The molecule has 1 aliphatic heterocycles. The average molecular weight is 617 g/mol. The number of unbranched alkanes of at least 4 members (excludes halogenated alkanes) is 22. The minimum atomic E-state index is -0.195. The average Bonchev–Trinajstić information content (AvgIpc) is 3.44. The SMILES string of the molecule is CCCCCCCCCCCCCCOC[C@@H](CN1CCCC1C(N)=O)OCCCCCCCCCCCCCC.Cl. The van der Waals surface area contributed by atoms with E-state index in [4.69, 9.17) is 15.2 Å². The molecule has 0 saturated carbocycles. The van der Waals surface area contributed by atoms with Crippen molar-refractivity contribution in [2.45, 2.75) is 193 Å². The van der Waals surface area contributed by atoms with Gasteiger partial charge in [-0.15, -0.1) is 12.4 Å². The van der Waals surface area contributed by atoms with Crippen LogP contribution in [0.3, 0.4) is 0 Å². The minimum absolute atomic E-state index is 0. The van der Waals surface area contributed by atoms with E-state index in [-0.39, 0.29) is 30.5 Å². The van der Waals surface area contributed by atoms with Crippen LogP contribution < -0.4 is 5.73 Å². The standard InChI is InChI=1S/C36H72N2O3.ClH/c1-3-5-7-9-11-13-15-17-19-21-23-25-30-40-33-34(32-38-29-27-28-35(38)36(37)39)41-31-26-24-22-20-18-16-14-12-10-8-6-4-2;/h34-35H,3-33H2,1-2H3,(H2,37,39);1H/t34-,35?;/m1./s1. The minimum Gasteiger partial charge on any atom is -0.379 e. The van der Waals surface area contributed by atoms with Crippen LogP contribution in [0, 0.1) is 0 Å². The number of hydrogen-bond acceptors (Lipinski definition) is 4. The lowest BCUT2D eigenvalue weighted by Crippen LogP contribution is -2.45. The van der Waals surface area contributed by atoms with Gasteiger partial charge in [-0.3, -0.25) is 9.69 Å². The number of nitrogens with zero attached hydrogens (tertiary/aromatic N) is 1. The highest BCUT2D eigenvalue weighted by Crippen LogP contribution is 2.19. The third-order valence-corrected chi connectivity index (χ3v) is 8.93. The van der Waals surface area contributed by atoms with Crippen LogP contribution in [0.15, 0.2) is 0 Å². The molecule has 0 radical (unpaired) electrons. The summed E-state index contributed by atoms with van der Waals surface area (Å²) in [5.74, 6) is -0.195. The molecule has 5 nitrogen and oxygen atoms in total. The molecule has 0 aromatic carbocycles. The highest BCUT2D eigenvalue weighted by Gasteiger charge is 2.30. The molecule has 2 atom stereocenters. The van der Waals surface area contributed by atoms with E-state index in [1.807, 2.05) is 0 Å². The number of hydrogen-bond donors (Lipinski definition) is 1. The van der Waals surface area contributed by atoms with E-state index >= 15 is 0 Å². The highest BCUT2D eigenvalue weighted by atomic mass is 35.5. The van der Waals surface area contributed by atoms with Crippen molar-refractivity contribution in [3.63, 3.8) is 0 Å². The molecule has 1 fully saturated rings. The molecule has 1 rings (SSSR count). The Bertz CT molecular complexity index is 566. The van der Waals surface area contributed by atoms with E-state index in [2.05, 4.69) is 18.7 Å². The van der Waals surface area contributed by atoms with Gasteiger partial charge in [0.15, 0.2) is 0 Å². The van der Waals surface area contributed by atoms with Crippen molar-refractivity contribution in [3.8, 4) is 0 Å². The summed E-state index contributed by atoms with van der Waals surface area (Å²) in [6, 6.07) is -0.135. The number of carbonyl (C=O) groups excluding carboxylic acids is 1. The molecular formula is C36H73ClN2O3. The molecule has 0 aliphatic carbocycles. The topological polar surface area (TPSA) is 64.8 Å². The maximum atomic E-state index is 11.9. The van der Waals surface area contributed by atoms with Crippen molar-refractivity contribution in [2.24, 2.45) is 5.73 Å². The summed E-state index contributed by atoms with van der Waals surface area (Å²) in [4.78, 5) is 14.1. The van der Waals surface area contributed by atoms with E-state index in [9.17, 15) is 4.79 Å². The van der Waals surface area contributed by atoms with E-state index < -0.39 is 0 Å². The normalized spacial score (nSPS) is 16.1. The van der Waals surface area contributed by atoms with E-state index in [0.717, 1.165) is 52.0 Å². The van der Waals surface area contributed by atoms with Gasteiger partial charge in [0.25, 0.3) is 0 Å². The van der Waals surface area contributed by atoms with Crippen LogP contribution in [0.5, 0.6) is 0 Å². The number of primary amides is 1. The summed E-state index contributed by atoms with van der Waals surface area (Å²) >= 11 is 0. The summed E-state index contributed by atoms with van der Waals surface area (Å²) in [6.07, 6.45) is 34.5. The number of carbonyl (C=O) groups is 1. The van der Waals surface area contributed by atoms with Gasteiger partial charge in [0.05, 0.1) is 18.8 Å². The van der Waals surface area contributed by atoms with Gasteiger partial charge in [-0.2, -0.15) is 0 Å². The maximum absolute atomic E-state index is 11.9. The monoisotopic (exact) mass is 617 g/mol. The zero-order chi connectivity index (χ0) is 29.6. The molecule has 1 saturated heterocycles. The molecular weight excluding hydrogens is 544 g/mol. The van der Waals surface area contributed by atoms with E-state index in [0.29, 0.717) is 6.61 Å². The Morgan fingerprint density at radius 3 is 1.50 bits per heavy atom. The molecule has 42 heavy (non-hydrogen) atoms. The second kappa shape index (κ2) is 32.0. The number of ether oxygens (including phenoxy) is 2. The third-order valence-electron chi connectivity index (χ3n) is 8.93. The molecule has 1 amide bonds. The Kier molecular flexibility index (Phi) is 31.8. The summed E-state index contributed by atoms with van der Waals surface area (Å²) in [5.41, 5.74) is 5.67. The van der Waals surface area contributed by atoms with Crippen LogP contribution in [0.2, 0.25) is 0 Å². The van der Waals surface area contributed by atoms with Gasteiger partial charge in [-0.05, 0) is 32.2 Å². The third kappa shape index (κ3) is 25.0. The first kappa shape index (κ1) is 41.6. The summed E-state index contributed by atoms with van der Waals surface area (Å²) in [7, 11) is 0. The fourth-order valence-corrected chi connectivity index (χ4v) is 6.23. The molecule has 0 bridgehead atoms. The van der Waals surface area contributed by atoms with Crippen molar-refractivity contribution in [1.29, 1.82) is 0 Å². The Labute approximate surface area is 268 Å².